The van der Waals surface area contributed by atoms with Crippen LogP contribution in [0.5, 0.6) is 0 Å². The summed E-state index contributed by atoms with van der Waals surface area (Å²) in [6.45, 7) is -0.125. The maximum Gasteiger partial charge on any atom is 0.327 e. The van der Waals surface area contributed by atoms with Crippen molar-refractivity contribution < 1.29 is 19.4 Å². The summed E-state index contributed by atoms with van der Waals surface area (Å²) in [5.74, 6) is -0.744. The molecule has 0 radical (unpaired) electrons. The molecule has 1 aliphatic carbocycles. The summed E-state index contributed by atoms with van der Waals surface area (Å²) in [6.07, 6.45) is 1.73. The van der Waals surface area contributed by atoms with Crippen molar-refractivity contribution in [2.24, 2.45) is 5.92 Å². The van der Waals surface area contributed by atoms with Crippen LogP contribution in [0.15, 0.2) is 18.2 Å². The van der Waals surface area contributed by atoms with Gasteiger partial charge in [0.15, 0.2) is 5.82 Å². The summed E-state index contributed by atoms with van der Waals surface area (Å²) < 4.78 is 6.05. The third kappa shape index (κ3) is 4.98. The molecule has 1 heterocycles. The lowest BCUT2D eigenvalue weighted by Gasteiger charge is -2.25. The highest BCUT2D eigenvalue weighted by molar-refractivity contribution is 6.42. The minimum Gasteiger partial charge on any atom is -0.481 e. The molecule has 1 aromatic carbocycles. The molecule has 2 aromatic rings. The van der Waals surface area contributed by atoms with Crippen LogP contribution in [0.1, 0.15) is 42.7 Å². The lowest BCUT2D eigenvalue weighted by atomic mass is 10.0. The van der Waals surface area contributed by atoms with Crippen LogP contribution < -0.4 is 5.32 Å². The van der Waals surface area contributed by atoms with E-state index < -0.39 is 18.0 Å². The highest BCUT2D eigenvalue weighted by Gasteiger charge is 2.38. The summed E-state index contributed by atoms with van der Waals surface area (Å²) in [5, 5.41) is 25.0. The van der Waals surface area contributed by atoms with E-state index in [0.717, 1.165) is 12.8 Å². The van der Waals surface area contributed by atoms with Crippen molar-refractivity contribution in [1.29, 1.82) is 0 Å². The molecular weight excluding hydrogens is 409 g/mol. The zero-order valence-corrected chi connectivity index (χ0v) is 16.5. The van der Waals surface area contributed by atoms with E-state index in [-0.39, 0.29) is 24.9 Å². The molecule has 2 unspecified atom stereocenters. The van der Waals surface area contributed by atoms with Crippen LogP contribution >= 0.6 is 23.2 Å². The van der Waals surface area contributed by atoms with Gasteiger partial charge >= 0.3 is 11.9 Å². The number of carboxylic acids is 1. The first-order valence-electron chi connectivity index (χ1n) is 8.64. The van der Waals surface area contributed by atoms with E-state index in [0.29, 0.717) is 21.4 Å². The number of aromatic nitrogens is 4. The standard InChI is InChI=1S/C17H19Cl2N5O4/c1-28-15(27)8-24-17(21-22-23-24)16(9-2-3-9)20-13(7-14(25)26)10-4-5-11(18)12(19)6-10/h4-6,9,13,16,20H,2-3,7-8H2,1H3,(H,25,26). The second-order valence-corrected chi connectivity index (χ2v) is 7.39. The van der Waals surface area contributed by atoms with Crippen molar-refractivity contribution in [3.63, 3.8) is 0 Å². The Morgan fingerprint density at radius 2 is 2.11 bits per heavy atom. The topological polar surface area (TPSA) is 119 Å². The van der Waals surface area contributed by atoms with E-state index in [2.05, 4.69) is 25.6 Å². The highest BCUT2D eigenvalue weighted by atomic mass is 35.5. The number of benzene rings is 1. The van der Waals surface area contributed by atoms with Crippen molar-refractivity contribution >= 4 is 35.1 Å². The van der Waals surface area contributed by atoms with Crippen LogP contribution in [0.25, 0.3) is 0 Å². The predicted molar refractivity (Wildman–Crippen MR) is 99.9 cm³/mol. The maximum absolute atomic E-state index is 11.6. The van der Waals surface area contributed by atoms with Gasteiger partial charge in [-0.05, 0) is 46.9 Å². The lowest BCUT2D eigenvalue weighted by molar-refractivity contribution is -0.141. The van der Waals surface area contributed by atoms with Crippen molar-refractivity contribution in [3.8, 4) is 0 Å². The van der Waals surface area contributed by atoms with Gasteiger partial charge < -0.3 is 9.84 Å². The average molecular weight is 428 g/mol. The number of hydrogen-bond donors (Lipinski definition) is 2. The third-order valence-corrected chi connectivity index (χ3v) is 5.28. The molecule has 1 aromatic heterocycles. The van der Waals surface area contributed by atoms with Gasteiger partial charge in [0, 0.05) is 6.04 Å². The fourth-order valence-electron chi connectivity index (χ4n) is 2.98. The number of tetrazole rings is 1. The number of aliphatic carboxylic acids is 1. The van der Waals surface area contributed by atoms with Gasteiger partial charge in [-0.15, -0.1) is 5.10 Å². The molecule has 28 heavy (non-hydrogen) atoms. The molecule has 9 nitrogen and oxygen atoms in total. The van der Waals surface area contributed by atoms with Crippen molar-refractivity contribution in [3.05, 3.63) is 39.6 Å². The normalized spacial score (nSPS) is 15.8. The van der Waals surface area contributed by atoms with Gasteiger partial charge in [0.25, 0.3) is 0 Å². The fourth-order valence-corrected chi connectivity index (χ4v) is 3.28. The first-order valence-corrected chi connectivity index (χ1v) is 9.40. The maximum atomic E-state index is 11.6. The Kier molecular flexibility index (Phi) is 6.48. The molecule has 150 valence electrons. The zero-order chi connectivity index (χ0) is 20.3. The SMILES string of the molecule is COC(=O)Cn1nnnc1C(NC(CC(=O)O)c1ccc(Cl)c(Cl)c1)C1CC1. The van der Waals surface area contributed by atoms with E-state index >= 15 is 0 Å². The number of nitrogens with zero attached hydrogens (tertiary/aromatic N) is 4. The summed E-state index contributed by atoms with van der Waals surface area (Å²) in [7, 11) is 1.29. The van der Waals surface area contributed by atoms with E-state index in [1.165, 1.54) is 11.8 Å². The minimum atomic E-state index is -0.965. The van der Waals surface area contributed by atoms with Crippen LogP contribution in [0.3, 0.4) is 0 Å². The van der Waals surface area contributed by atoms with Crippen LogP contribution in [-0.4, -0.2) is 44.4 Å². The molecule has 2 atom stereocenters. The van der Waals surface area contributed by atoms with Crippen molar-refractivity contribution in [2.45, 2.75) is 37.9 Å². The number of methoxy groups -OCH3 is 1. The quantitative estimate of drug-likeness (QED) is 0.585. The van der Waals surface area contributed by atoms with Gasteiger partial charge in [-0.3, -0.25) is 14.9 Å². The Morgan fingerprint density at radius 3 is 2.71 bits per heavy atom. The molecular formula is C17H19Cl2N5O4. The number of ether oxygens (including phenoxy) is 1. The van der Waals surface area contributed by atoms with Gasteiger partial charge in [-0.25, -0.2) is 4.68 Å². The van der Waals surface area contributed by atoms with Crippen LogP contribution in [0.2, 0.25) is 10.0 Å². The Hall–Kier alpha value is -2.23. The van der Waals surface area contributed by atoms with E-state index in [4.69, 9.17) is 23.2 Å². The van der Waals surface area contributed by atoms with Gasteiger partial charge in [-0.2, -0.15) is 0 Å². The lowest BCUT2D eigenvalue weighted by Crippen LogP contribution is -2.32. The Bertz CT molecular complexity index is 871. The van der Waals surface area contributed by atoms with Crippen LogP contribution in [0, 0.1) is 5.92 Å². The number of hydrogen-bond acceptors (Lipinski definition) is 7. The number of esters is 1. The van der Waals surface area contributed by atoms with Gasteiger partial charge in [-0.1, -0.05) is 29.3 Å². The van der Waals surface area contributed by atoms with Gasteiger partial charge in [0.05, 0.1) is 29.6 Å². The molecule has 0 saturated heterocycles. The van der Waals surface area contributed by atoms with Gasteiger partial charge in [0.1, 0.15) is 6.54 Å². The van der Waals surface area contributed by atoms with E-state index in [1.807, 2.05) is 0 Å². The summed E-state index contributed by atoms with van der Waals surface area (Å²) >= 11 is 12.1. The number of rotatable bonds is 9. The van der Waals surface area contributed by atoms with Crippen LogP contribution in [0.4, 0.5) is 0 Å². The van der Waals surface area contributed by atoms with E-state index in [1.54, 1.807) is 18.2 Å². The molecule has 0 amide bonds. The van der Waals surface area contributed by atoms with Crippen LogP contribution in [-0.2, 0) is 20.9 Å². The molecule has 1 saturated carbocycles. The first kappa shape index (κ1) is 20.5. The molecule has 0 aliphatic heterocycles. The monoisotopic (exact) mass is 427 g/mol. The zero-order valence-electron chi connectivity index (χ0n) is 15.0. The number of carbonyl (C=O) groups excluding carboxylic acids is 1. The second kappa shape index (κ2) is 8.85. The Morgan fingerprint density at radius 1 is 1.36 bits per heavy atom. The smallest absolute Gasteiger partial charge is 0.327 e. The molecule has 2 N–H and O–H groups in total. The number of carboxylic acid groups (broad SMARTS) is 1. The second-order valence-electron chi connectivity index (χ2n) is 6.58. The molecule has 1 aliphatic rings. The highest BCUT2D eigenvalue weighted by Crippen LogP contribution is 2.42. The minimum absolute atomic E-state index is 0.125. The largest absolute Gasteiger partial charge is 0.481 e. The number of nitrogens with one attached hydrogen (secondary N) is 1. The Balaban J connectivity index is 1.88. The first-order chi connectivity index (χ1) is 13.4. The third-order valence-electron chi connectivity index (χ3n) is 4.54. The molecule has 3 rings (SSSR count). The van der Waals surface area contributed by atoms with Crippen molar-refractivity contribution in [1.82, 2.24) is 25.5 Å². The molecule has 11 heteroatoms. The van der Waals surface area contributed by atoms with Gasteiger partial charge in [0.2, 0.25) is 0 Å². The molecule has 0 bridgehead atoms. The summed E-state index contributed by atoms with van der Waals surface area (Å²) in [4.78, 5) is 23.1. The summed E-state index contributed by atoms with van der Waals surface area (Å²) in [6, 6.07) is 4.14. The molecule has 0 spiro atoms. The average Bonchev–Trinajstić information content (AvgIpc) is 3.40. The predicted octanol–water partition coefficient (Wildman–Crippen LogP) is 2.41. The molecule has 1 fully saturated rings. The van der Waals surface area contributed by atoms with Crippen molar-refractivity contribution in [2.75, 3.05) is 7.11 Å². The fraction of sp³-hybridized carbons (Fsp3) is 0.471. The number of halogens is 2. The summed E-state index contributed by atoms with van der Waals surface area (Å²) in [5.41, 5.74) is 0.689. The number of carbonyl (C=O) groups is 2. The van der Waals surface area contributed by atoms with E-state index in [9.17, 15) is 14.7 Å². The Labute approximate surface area is 171 Å².